The molecule has 0 bridgehead atoms. The first-order valence-corrected chi connectivity index (χ1v) is 16.0. The van der Waals surface area contributed by atoms with Gasteiger partial charge < -0.3 is 24.5 Å². The first-order chi connectivity index (χ1) is 21.3. The van der Waals surface area contributed by atoms with Gasteiger partial charge in [-0.25, -0.2) is 4.79 Å². The minimum Gasteiger partial charge on any atom is -0.489 e. The van der Waals surface area contributed by atoms with Crippen LogP contribution in [-0.4, -0.2) is 100 Å². The number of likely N-dealkylation sites (tertiary alicyclic amines) is 1. The molecule has 45 heavy (non-hydrogen) atoms. The van der Waals surface area contributed by atoms with Crippen LogP contribution in [-0.2, 0) is 6.54 Å². The number of carbonyl (C=O) groups excluding carboxylic acids is 2. The molecule has 2 aromatic carbocycles. The lowest BCUT2D eigenvalue weighted by molar-refractivity contribution is -0.199. The Morgan fingerprint density at radius 3 is 2.22 bits per heavy atom. The molecule has 1 N–H and O–H groups in total. The lowest BCUT2D eigenvalue weighted by atomic mass is 9.49. The summed E-state index contributed by atoms with van der Waals surface area (Å²) in [5, 5.41) is 18.8. The van der Waals surface area contributed by atoms with Crippen molar-refractivity contribution in [1.29, 1.82) is 5.26 Å². The average Bonchev–Trinajstić information content (AvgIpc) is 3.33. The fourth-order valence-corrected chi connectivity index (χ4v) is 8.80. The van der Waals surface area contributed by atoms with Crippen LogP contribution >= 0.6 is 11.6 Å². The second-order valence-electron chi connectivity index (χ2n) is 13.9. The van der Waals surface area contributed by atoms with Crippen LogP contribution in [0.4, 0.5) is 4.79 Å². The van der Waals surface area contributed by atoms with Crippen LogP contribution in [0, 0.1) is 22.2 Å². The van der Waals surface area contributed by atoms with E-state index in [9.17, 15) is 24.8 Å². The average molecular weight is 634 g/mol. The molecule has 2 saturated heterocycles. The van der Waals surface area contributed by atoms with Crippen LogP contribution < -0.4 is 4.74 Å². The molecular weight excluding hydrogens is 594 g/mol. The van der Waals surface area contributed by atoms with Gasteiger partial charge in [0.2, 0.25) is 0 Å². The molecule has 11 heteroatoms. The van der Waals surface area contributed by atoms with Gasteiger partial charge in [0.05, 0.1) is 10.6 Å². The predicted octanol–water partition coefficient (Wildman–Crippen LogP) is 4.95. The molecule has 0 radical (unpaired) electrons. The van der Waals surface area contributed by atoms with Crippen LogP contribution in [0.15, 0.2) is 36.4 Å². The predicted molar refractivity (Wildman–Crippen MR) is 168 cm³/mol. The minimum atomic E-state index is -0.855. The second kappa shape index (κ2) is 11.5. The van der Waals surface area contributed by atoms with Gasteiger partial charge in [-0.1, -0.05) is 39.3 Å². The van der Waals surface area contributed by atoms with E-state index in [4.69, 9.17) is 16.3 Å². The van der Waals surface area contributed by atoms with Crippen molar-refractivity contribution in [3.8, 4) is 11.8 Å². The van der Waals surface area contributed by atoms with E-state index in [2.05, 4.69) is 38.7 Å². The molecule has 3 aliphatic heterocycles. The maximum absolute atomic E-state index is 13.7. The number of amides is 3. The van der Waals surface area contributed by atoms with E-state index < -0.39 is 6.09 Å². The third-order valence-corrected chi connectivity index (χ3v) is 10.7. The van der Waals surface area contributed by atoms with Gasteiger partial charge in [0, 0.05) is 85.9 Å². The largest absolute Gasteiger partial charge is 0.489 e. The highest BCUT2D eigenvalue weighted by Gasteiger charge is 2.67. The lowest BCUT2D eigenvalue weighted by Gasteiger charge is -2.65. The smallest absolute Gasteiger partial charge is 0.407 e. The van der Waals surface area contributed by atoms with Gasteiger partial charge in [-0.15, -0.1) is 0 Å². The fraction of sp³-hybridized carbons (Fsp3) is 0.529. The SMILES string of the molecule is CC1(C)C(Oc2ccc(C#N)c(Cl)c2)C(C)(C)C1N1Cc2cc(C(=O)N3CCN(C4CCN(C(=O)O)CC4)CC3)ccc2C1=O. The van der Waals surface area contributed by atoms with E-state index in [1.54, 1.807) is 30.3 Å². The second-order valence-corrected chi connectivity index (χ2v) is 14.3. The Morgan fingerprint density at radius 2 is 1.62 bits per heavy atom. The number of hydrogen-bond donors (Lipinski definition) is 1. The number of halogens is 1. The van der Waals surface area contributed by atoms with Crippen molar-refractivity contribution in [3.63, 3.8) is 0 Å². The summed E-state index contributed by atoms with van der Waals surface area (Å²) in [6.07, 6.45) is 0.588. The molecule has 4 aliphatic rings. The Balaban J connectivity index is 1.09. The van der Waals surface area contributed by atoms with Gasteiger partial charge in [0.25, 0.3) is 11.8 Å². The number of piperazine rings is 1. The van der Waals surface area contributed by atoms with Crippen LogP contribution in [0.1, 0.15) is 72.4 Å². The number of hydrogen-bond acceptors (Lipinski definition) is 6. The highest BCUT2D eigenvalue weighted by molar-refractivity contribution is 6.31. The topological polar surface area (TPSA) is 117 Å². The molecule has 10 nitrogen and oxygen atoms in total. The summed E-state index contributed by atoms with van der Waals surface area (Å²) < 4.78 is 6.43. The number of benzene rings is 2. The zero-order chi connectivity index (χ0) is 32.3. The summed E-state index contributed by atoms with van der Waals surface area (Å²) in [5.74, 6) is 0.535. The van der Waals surface area contributed by atoms with Crippen LogP contribution in [0.25, 0.3) is 0 Å². The Kier molecular flexibility index (Phi) is 7.99. The number of carboxylic acid groups (broad SMARTS) is 1. The van der Waals surface area contributed by atoms with E-state index in [0.717, 1.165) is 31.5 Å². The summed E-state index contributed by atoms with van der Waals surface area (Å²) in [7, 11) is 0. The Hall–Kier alpha value is -3.81. The van der Waals surface area contributed by atoms with Gasteiger partial charge in [0.1, 0.15) is 17.9 Å². The summed E-state index contributed by atoms with van der Waals surface area (Å²) in [6, 6.07) is 12.8. The molecule has 238 valence electrons. The molecule has 1 saturated carbocycles. The quantitative estimate of drug-likeness (QED) is 0.495. The molecular formula is C34H40ClN5O5. The first-order valence-electron chi connectivity index (χ1n) is 15.6. The molecule has 0 spiro atoms. The molecule has 6 rings (SSSR count). The highest BCUT2D eigenvalue weighted by Crippen LogP contribution is 2.59. The zero-order valence-corrected chi connectivity index (χ0v) is 27.0. The highest BCUT2D eigenvalue weighted by atomic mass is 35.5. The van der Waals surface area contributed by atoms with Gasteiger partial charge >= 0.3 is 6.09 Å². The van der Waals surface area contributed by atoms with E-state index >= 15 is 0 Å². The number of fused-ring (bicyclic) bond motifs is 1. The van der Waals surface area contributed by atoms with E-state index in [0.29, 0.717) is 66.2 Å². The van der Waals surface area contributed by atoms with Crippen molar-refractivity contribution >= 4 is 29.5 Å². The van der Waals surface area contributed by atoms with Crippen molar-refractivity contribution < 1.29 is 24.2 Å². The molecule has 3 heterocycles. The summed E-state index contributed by atoms with van der Waals surface area (Å²) in [4.78, 5) is 46.2. The monoisotopic (exact) mass is 633 g/mol. The molecule has 3 amide bonds. The number of nitrogens with zero attached hydrogens (tertiary/aromatic N) is 5. The third kappa shape index (κ3) is 5.40. The maximum atomic E-state index is 13.7. The Bertz CT molecular complexity index is 1550. The number of piperidine rings is 1. The maximum Gasteiger partial charge on any atom is 0.407 e. The minimum absolute atomic E-state index is 0.0251. The molecule has 0 aromatic heterocycles. The standard InChI is InChI=1S/C34H40ClN5O5/c1-33(2)30(34(3,4)31(33)45-25-7-5-22(19-36)27(35)18-25)40-20-23-17-21(6-8-26(23)29(40)42)28(41)38-15-13-37(14-16-38)24-9-11-39(12-10-24)32(43)44/h5-8,17-18,24,30-31H,9-16,20H2,1-4H3,(H,43,44). The summed E-state index contributed by atoms with van der Waals surface area (Å²) in [5.41, 5.74) is 1.75. The summed E-state index contributed by atoms with van der Waals surface area (Å²) >= 11 is 6.25. The number of carbonyl (C=O) groups is 3. The van der Waals surface area contributed by atoms with Gasteiger partial charge in [-0.3, -0.25) is 14.5 Å². The van der Waals surface area contributed by atoms with Gasteiger partial charge in [-0.2, -0.15) is 5.26 Å². The van der Waals surface area contributed by atoms with E-state index in [1.165, 1.54) is 4.90 Å². The molecule has 0 unspecified atom stereocenters. The normalized spacial score (nSPS) is 24.5. The number of rotatable bonds is 5. The van der Waals surface area contributed by atoms with Gasteiger partial charge in [0.15, 0.2) is 0 Å². The van der Waals surface area contributed by atoms with Crippen molar-refractivity contribution in [1.82, 2.24) is 19.6 Å². The molecule has 2 aromatic rings. The van der Waals surface area contributed by atoms with Crippen molar-refractivity contribution in [2.45, 2.75) is 65.3 Å². The van der Waals surface area contributed by atoms with E-state index in [1.807, 2.05) is 15.9 Å². The Labute approximate surface area is 269 Å². The van der Waals surface area contributed by atoms with Crippen LogP contribution in [0.2, 0.25) is 5.02 Å². The van der Waals surface area contributed by atoms with Crippen molar-refractivity contribution in [3.05, 3.63) is 63.7 Å². The third-order valence-electron chi connectivity index (χ3n) is 10.4. The zero-order valence-electron chi connectivity index (χ0n) is 26.3. The number of ether oxygens (including phenoxy) is 1. The Morgan fingerprint density at radius 1 is 0.956 bits per heavy atom. The molecule has 3 fully saturated rings. The van der Waals surface area contributed by atoms with Crippen molar-refractivity contribution in [2.75, 3.05) is 39.3 Å². The van der Waals surface area contributed by atoms with E-state index in [-0.39, 0.29) is 34.8 Å². The molecule has 0 atom stereocenters. The van der Waals surface area contributed by atoms with Crippen molar-refractivity contribution in [2.24, 2.45) is 10.8 Å². The van der Waals surface area contributed by atoms with Gasteiger partial charge in [-0.05, 0) is 48.7 Å². The summed E-state index contributed by atoms with van der Waals surface area (Å²) in [6.45, 7) is 12.8. The van der Waals surface area contributed by atoms with Crippen LogP contribution in [0.3, 0.4) is 0 Å². The lowest BCUT2D eigenvalue weighted by Crippen LogP contribution is -2.74. The first kappa shape index (κ1) is 31.2. The van der Waals surface area contributed by atoms with Crippen LogP contribution in [0.5, 0.6) is 5.75 Å². The fourth-order valence-electron chi connectivity index (χ4n) is 8.59. The number of nitriles is 1. The molecule has 1 aliphatic carbocycles.